The number of thiophene rings is 1. The smallest absolute Gasteiger partial charge is 0.239 e. The van der Waals surface area contributed by atoms with Crippen molar-refractivity contribution in [1.29, 1.82) is 5.26 Å². The highest BCUT2D eigenvalue weighted by Crippen LogP contribution is 2.47. The minimum atomic E-state index is -0.124. The average molecular weight is 464 g/mol. The number of fused-ring (bicyclic) bond motifs is 1. The fourth-order valence-electron chi connectivity index (χ4n) is 4.99. The van der Waals surface area contributed by atoms with Crippen LogP contribution in [0.2, 0.25) is 0 Å². The van der Waals surface area contributed by atoms with Crippen LogP contribution >= 0.6 is 11.3 Å². The molecule has 0 atom stereocenters. The molecule has 0 radical (unpaired) electrons. The Balaban J connectivity index is 1.54. The molecule has 6 heteroatoms. The summed E-state index contributed by atoms with van der Waals surface area (Å²) in [7, 11) is 2.03. The van der Waals surface area contributed by atoms with Crippen molar-refractivity contribution in [1.82, 2.24) is 4.90 Å². The molecule has 0 spiro atoms. The van der Waals surface area contributed by atoms with E-state index >= 15 is 0 Å². The van der Waals surface area contributed by atoms with Crippen molar-refractivity contribution in [2.75, 3.05) is 18.9 Å². The summed E-state index contributed by atoms with van der Waals surface area (Å²) in [6.07, 6.45) is 13.1. The van der Waals surface area contributed by atoms with Crippen LogP contribution in [-0.4, -0.2) is 30.4 Å². The first-order chi connectivity index (χ1) is 15.8. The number of hydrogen-bond donors (Lipinski definition) is 1. The zero-order valence-corrected chi connectivity index (χ0v) is 20.8. The number of likely N-dealkylation sites (N-methyl/N-ethyl adjacent to an activating group) is 1. The molecule has 1 fully saturated rings. The van der Waals surface area contributed by atoms with Gasteiger partial charge in [0.15, 0.2) is 0 Å². The van der Waals surface area contributed by atoms with Crippen molar-refractivity contribution in [3.63, 3.8) is 0 Å². The van der Waals surface area contributed by atoms with Gasteiger partial charge < -0.3 is 9.73 Å². The Labute approximate surface area is 200 Å². The van der Waals surface area contributed by atoms with Gasteiger partial charge in [0.2, 0.25) is 5.91 Å². The van der Waals surface area contributed by atoms with Gasteiger partial charge in [-0.15, -0.1) is 11.3 Å². The Kier molecular flexibility index (Phi) is 6.92. The molecule has 0 saturated heterocycles. The average Bonchev–Trinajstić information content (AvgIpc) is 3.35. The van der Waals surface area contributed by atoms with Gasteiger partial charge in [-0.05, 0) is 63.1 Å². The van der Waals surface area contributed by atoms with Gasteiger partial charge in [-0.2, -0.15) is 5.26 Å². The molecule has 2 aliphatic carbocycles. The molecule has 4 rings (SSSR count). The second-order valence-electron chi connectivity index (χ2n) is 9.98. The minimum absolute atomic E-state index is 0.0479. The number of aryl methyl sites for hydroxylation is 1. The third-order valence-electron chi connectivity index (χ3n) is 6.71. The number of carbonyl (C=O) groups is 1. The van der Waals surface area contributed by atoms with E-state index in [-0.39, 0.29) is 11.3 Å². The van der Waals surface area contributed by atoms with Gasteiger partial charge in [-0.1, -0.05) is 39.2 Å². The topological polar surface area (TPSA) is 69.3 Å². The van der Waals surface area contributed by atoms with Crippen LogP contribution in [0.3, 0.4) is 0 Å². The van der Waals surface area contributed by atoms with Gasteiger partial charge in [0.25, 0.3) is 0 Å². The Hall–Kier alpha value is -2.62. The quantitative estimate of drug-likeness (QED) is 0.531. The number of nitriles is 1. The first-order valence-corrected chi connectivity index (χ1v) is 12.6. The summed E-state index contributed by atoms with van der Waals surface area (Å²) in [6.45, 7) is 6.68. The first-order valence-electron chi connectivity index (χ1n) is 11.8. The summed E-state index contributed by atoms with van der Waals surface area (Å²) < 4.78 is 5.65. The van der Waals surface area contributed by atoms with Gasteiger partial charge >= 0.3 is 0 Å². The molecular weight excluding hydrogens is 430 g/mol. The summed E-state index contributed by atoms with van der Waals surface area (Å²) in [4.78, 5) is 16.2. The molecular formula is C27H33N3O2S. The predicted molar refractivity (Wildman–Crippen MR) is 135 cm³/mol. The van der Waals surface area contributed by atoms with E-state index in [1.54, 1.807) is 11.3 Å². The zero-order valence-electron chi connectivity index (χ0n) is 20.0. The van der Waals surface area contributed by atoms with Crippen LogP contribution in [0.15, 0.2) is 28.2 Å². The highest BCUT2D eigenvalue weighted by molar-refractivity contribution is 7.17. The Morgan fingerprint density at radius 1 is 1.30 bits per heavy atom. The molecule has 0 aromatic carbocycles. The Morgan fingerprint density at radius 2 is 2.06 bits per heavy atom. The minimum Gasteiger partial charge on any atom is -0.462 e. The van der Waals surface area contributed by atoms with E-state index < -0.39 is 0 Å². The van der Waals surface area contributed by atoms with Crippen LogP contribution in [-0.2, 0) is 10.2 Å². The molecule has 1 N–H and O–H groups in total. The number of hydrogen-bond acceptors (Lipinski definition) is 5. The van der Waals surface area contributed by atoms with Crippen LogP contribution in [0.1, 0.15) is 79.9 Å². The fraction of sp³-hybridized carbons (Fsp3) is 0.481. The molecule has 2 aliphatic rings. The van der Waals surface area contributed by atoms with Crippen molar-refractivity contribution in [2.24, 2.45) is 0 Å². The molecule has 1 amide bonds. The van der Waals surface area contributed by atoms with E-state index in [9.17, 15) is 10.1 Å². The van der Waals surface area contributed by atoms with Crippen LogP contribution in [0.4, 0.5) is 5.00 Å². The molecule has 2 aromatic rings. The number of anilines is 1. The number of amides is 1. The van der Waals surface area contributed by atoms with Crippen LogP contribution < -0.4 is 5.32 Å². The number of furan rings is 1. The van der Waals surface area contributed by atoms with Gasteiger partial charge in [-0.25, -0.2) is 0 Å². The highest BCUT2D eigenvalue weighted by atomic mass is 32.1. The maximum absolute atomic E-state index is 12.8. The van der Waals surface area contributed by atoms with Gasteiger partial charge in [0.05, 0.1) is 12.1 Å². The maximum Gasteiger partial charge on any atom is 0.239 e. The summed E-state index contributed by atoms with van der Waals surface area (Å²) in [5.74, 6) is 1.65. The monoisotopic (exact) mass is 463 g/mol. The van der Waals surface area contributed by atoms with E-state index in [0.717, 1.165) is 46.8 Å². The zero-order chi connectivity index (χ0) is 23.6. The van der Waals surface area contributed by atoms with Crippen molar-refractivity contribution < 1.29 is 9.21 Å². The summed E-state index contributed by atoms with van der Waals surface area (Å²) in [5.41, 5.74) is 2.52. The molecule has 0 bridgehead atoms. The molecule has 2 aromatic heterocycles. The standard InChI is InChI=1S/C27H33N3O2S/c1-18-10-12-21(32-18)13-11-19-14-22-23(16-28)26(33-25(22)27(2,3)15-19)29-24(31)17-30(4)20-8-6-5-7-9-20/h10-14,20H,5-9,15,17H2,1-4H3,(H,29,31)/b13-11+. The second-order valence-corrected chi connectivity index (χ2v) is 11.0. The van der Waals surface area contributed by atoms with Crippen molar-refractivity contribution in [2.45, 2.75) is 70.8 Å². The molecule has 174 valence electrons. The summed E-state index contributed by atoms with van der Waals surface area (Å²) in [6, 6.07) is 6.74. The van der Waals surface area contributed by atoms with Gasteiger partial charge in [0, 0.05) is 21.9 Å². The third kappa shape index (κ3) is 5.31. The lowest BCUT2D eigenvalue weighted by molar-refractivity contribution is -0.117. The molecule has 1 saturated carbocycles. The van der Waals surface area contributed by atoms with Crippen molar-refractivity contribution >= 4 is 34.4 Å². The number of rotatable bonds is 6. The van der Waals surface area contributed by atoms with Crippen molar-refractivity contribution in [3.05, 3.63) is 51.3 Å². The molecule has 5 nitrogen and oxygen atoms in total. The number of carbonyl (C=O) groups excluding carboxylic acids is 1. The third-order valence-corrected chi connectivity index (χ3v) is 8.20. The van der Waals surface area contributed by atoms with Crippen LogP contribution in [0, 0.1) is 18.3 Å². The molecule has 0 aliphatic heterocycles. The van der Waals surface area contributed by atoms with Crippen LogP contribution in [0.5, 0.6) is 0 Å². The lowest BCUT2D eigenvalue weighted by atomic mass is 9.77. The van der Waals surface area contributed by atoms with Gasteiger partial charge in [-0.3, -0.25) is 9.69 Å². The summed E-state index contributed by atoms with van der Waals surface area (Å²) >= 11 is 1.54. The fourth-order valence-corrected chi connectivity index (χ4v) is 6.24. The summed E-state index contributed by atoms with van der Waals surface area (Å²) in [5, 5.41) is 13.7. The van der Waals surface area contributed by atoms with E-state index in [4.69, 9.17) is 4.42 Å². The highest BCUT2D eigenvalue weighted by Gasteiger charge is 2.33. The molecule has 33 heavy (non-hydrogen) atoms. The number of nitrogens with zero attached hydrogens (tertiary/aromatic N) is 2. The van der Waals surface area contributed by atoms with Crippen molar-refractivity contribution in [3.8, 4) is 6.07 Å². The van der Waals surface area contributed by atoms with E-state index in [2.05, 4.69) is 42.3 Å². The molecule has 0 unspecified atom stereocenters. The Morgan fingerprint density at radius 3 is 2.73 bits per heavy atom. The maximum atomic E-state index is 12.8. The Bertz CT molecular complexity index is 1120. The largest absolute Gasteiger partial charge is 0.462 e. The van der Waals surface area contributed by atoms with Crippen LogP contribution in [0.25, 0.3) is 12.2 Å². The number of allylic oxidation sites excluding steroid dienone is 2. The lowest BCUT2D eigenvalue weighted by Gasteiger charge is -2.30. The normalized spacial score (nSPS) is 18.2. The SMILES string of the molecule is Cc1ccc(/C=C/C2=Cc3c(sc(NC(=O)CN(C)C4CCCCC4)c3C#N)C(C)(C)C2)o1. The molecule has 2 heterocycles. The first kappa shape index (κ1) is 23.5. The predicted octanol–water partition coefficient (Wildman–Crippen LogP) is 6.50. The van der Waals surface area contributed by atoms with E-state index in [1.807, 2.05) is 32.2 Å². The van der Waals surface area contributed by atoms with Gasteiger partial charge in [0.1, 0.15) is 22.6 Å². The lowest BCUT2D eigenvalue weighted by Crippen LogP contribution is -2.39. The number of nitrogens with one attached hydrogen (secondary N) is 1. The van der Waals surface area contributed by atoms with E-state index in [0.29, 0.717) is 23.2 Å². The van der Waals surface area contributed by atoms with E-state index in [1.165, 1.54) is 19.3 Å². The second kappa shape index (κ2) is 9.70.